The minimum atomic E-state index is -0.648. The van der Waals surface area contributed by atoms with Gasteiger partial charge in [-0.25, -0.2) is 9.37 Å². The van der Waals surface area contributed by atoms with E-state index in [1.807, 2.05) is 11.8 Å². The maximum atomic E-state index is 13.8. The molecule has 0 spiro atoms. The Morgan fingerprint density at radius 2 is 2.21 bits per heavy atom. The first-order chi connectivity index (χ1) is 11.3. The minimum absolute atomic E-state index is 0.0552. The van der Waals surface area contributed by atoms with Crippen molar-refractivity contribution in [2.75, 3.05) is 18.6 Å². The molecule has 0 fully saturated rings. The standard InChI is InChI=1S/C16H14Cl2FN3O2/c1-16(6-13(23)24-2)8-22(12-4-3-9(19)5-10(12)16)14-11(17)7-20-15(18)21-14/h3-5,7H,6,8H2,1-2H3. The number of fused-ring (bicyclic) bond motifs is 1. The highest BCUT2D eigenvalue weighted by molar-refractivity contribution is 6.33. The largest absolute Gasteiger partial charge is 0.469 e. The minimum Gasteiger partial charge on any atom is -0.469 e. The van der Waals surface area contributed by atoms with E-state index >= 15 is 0 Å². The van der Waals surface area contributed by atoms with Gasteiger partial charge in [0.1, 0.15) is 10.8 Å². The van der Waals surface area contributed by atoms with Crippen molar-refractivity contribution in [3.63, 3.8) is 0 Å². The van der Waals surface area contributed by atoms with Gasteiger partial charge in [0.25, 0.3) is 0 Å². The smallest absolute Gasteiger partial charge is 0.306 e. The van der Waals surface area contributed by atoms with E-state index in [0.717, 1.165) is 5.69 Å². The van der Waals surface area contributed by atoms with Crippen LogP contribution >= 0.6 is 23.2 Å². The van der Waals surface area contributed by atoms with E-state index in [1.54, 1.807) is 6.07 Å². The lowest BCUT2D eigenvalue weighted by Gasteiger charge is -2.25. The van der Waals surface area contributed by atoms with Crippen LogP contribution in [0.4, 0.5) is 15.9 Å². The van der Waals surface area contributed by atoms with E-state index in [0.29, 0.717) is 22.9 Å². The molecule has 1 atom stereocenters. The lowest BCUT2D eigenvalue weighted by Crippen LogP contribution is -2.32. The van der Waals surface area contributed by atoms with Gasteiger partial charge in [0, 0.05) is 17.6 Å². The summed E-state index contributed by atoms with van der Waals surface area (Å²) in [5.74, 6) is -0.335. The van der Waals surface area contributed by atoms with Crippen molar-refractivity contribution in [3.8, 4) is 0 Å². The zero-order chi connectivity index (χ0) is 17.5. The molecule has 0 bridgehead atoms. The van der Waals surface area contributed by atoms with E-state index in [1.165, 1.54) is 25.4 Å². The summed E-state index contributed by atoms with van der Waals surface area (Å²) in [5.41, 5.74) is 0.767. The van der Waals surface area contributed by atoms with Gasteiger partial charge in [-0.3, -0.25) is 4.79 Å². The van der Waals surface area contributed by atoms with Crippen LogP contribution in [0, 0.1) is 5.82 Å². The lowest BCUT2D eigenvalue weighted by molar-refractivity contribution is -0.141. The van der Waals surface area contributed by atoms with Crippen molar-refractivity contribution in [1.82, 2.24) is 9.97 Å². The first-order valence-corrected chi connectivity index (χ1v) is 7.92. The van der Waals surface area contributed by atoms with Crippen LogP contribution in [-0.4, -0.2) is 29.6 Å². The summed E-state index contributed by atoms with van der Waals surface area (Å²) in [6, 6.07) is 4.42. The molecule has 1 unspecified atom stereocenters. The molecule has 0 N–H and O–H groups in total. The number of anilines is 2. The molecule has 0 saturated heterocycles. The van der Waals surface area contributed by atoms with E-state index in [-0.39, 0.29) is 23.5 Å². The predicted octanol–water partition coefficient (Wildman–Crippen LogP) is 3.90. The summed E-state index contributed by atoms with van der Waals surface area (Å²) < 4.78 is 18.6. The second-order valence-corrected chi connectivity index (χ2v) is 6.62. The Labute approximate surface area is 148 Å². The summed E-state index contributed by atoms with van der Waals surface area (Å²) in [6.07, 6.45) is 1.51. The first-order valence-electron chi connectivity index (χ1n) is 7.16. The predicted molar refractivity (Wildman–Crippen MR) is 89.4 cm³/mol. The van der Waals surface area contributed by atoms with Crippen LogP contribution in [0.15, 0.2) is 24.4 Å². The molecule has 5 nitrogen and oxygen atoms in total. The number of hydrogen-bond acceptors (Lipinski definition) is 5. The Balaban J connectivity index is 2.12. The number of carbonyl (C=O) groups is 1. The Kier molecular flexibility index (Phi) is 4.36. The van der Waals surface area contributed by atoms with Gasteiger partial charge < -0.3 is 9.64 Å². The third-order valence-electron chi connectivity index (χ3n) is 4.12. The average molecular weight is 370 g/mol. The molecule has 1 aliphatic heterocycles. The maximum Gasteiger partial charge on any atom is 0.306 e. The summed E-state index contributed by atoms with van der Waals surface area (Å²) >= 11 is 12.1. The van der Waals surface area contributed by atoms with Crippen LogP contribution in [0.1, 0.15) is 18.9 Å². The van der Waals surface area contributed by atoms with Gasteiger partial charge in [0.05, 0.1) is 19.7 Å². The van der Waals surface area contributed by atoms with Gasteiger partial charge in [0.15, 0.2) is 5.82 Å². The topological polar surface area (TPSA) is 55.3 Å². The molecule has 0 radical (unpaired) electrons. The van der Waals surface area contributed by atoms with Crippen molar-refractivity contribution >= 4 is 40.7 Å². The number of aromatic nitrogens is 2. The van der Waals surface area contributed by atoms with Crippen molar-refractivity contribution in [2.24, 2.45) is 0 Å². The molecule has 0 aliphatic carbocycles. The van der Waals surface area contributed by atoms with Crippen LogP contribution < -0.4 is 4.90 Å². The van der Waals surface area contributed by atoms with E-state index in [4.69, 9.17) is 27.9 Å². The zero-order valence-electron chi connectivity index (χ0n) is 13.0. The number of rotatable bonds is 3. The highest BCUT2D eigenvalue weighted by Gasteiger charge is 2.42. The van der Waals surface area contributed by atoms with Gasteiger partial charge in [-0.05, 0) is 35.4 Å². The SMILES string of the molecule is COC(=O)CC1(C)CN(c2nc(Cl)ncc2Cl)c2ccc(F)cc21. The van der Waals surface area contributed by atoms with Crippen LogP contribution in [0.5, 0.6) is 0 Å². The van der Waals surface area contributed by atoms with Gasteiger partial charge in [-0.1, -0.05) is 18.5 Å². The molecule has 3 rings (SSSR count). The van der Waals surface area contributed by atoms with Crippen molar-refractivity contribution in [3.05, 3.63) is 46.1 Å². The Bertz CT molecular complexity index is 818. The molecule has 1 aliphatic rings. The summed E-state index contributed by atoms with van der Waals surface area (Å²) in [4.78, 5) is 21.7. The molecule has 0 amide bonds. The van der Waals surface area contributed by atoms with Crippen molar-refractivity contribution < 1.29 is 13.9 Å². The molecular formula is C16H14Cl2FN3O2. The van der Waals surface area contributed by atoms with Crippen LogP contribution in [0.25, 0.3) is 0 Å². The summed E-state index contributed by atoms with van der Waals surface area (Å²) in [6.45, 7) is 2.26. The number of carbonyl (C=O) groups excluding carboxylic acids is 1. The molecular weight excluding hydrogens is 356 g/mol. The lowest BCUT2D eigenvalue weighted by atomic mass is 9.81. The Morgan fingerprint density at radius 1 is 1.46 bits per heavy atom. The van der Waals surface area contributed by atoms with Gasteiger partial charge in [-0.15, -0.1) is 0 Å². The fraction of sp³-hybridized carbons (Fsp3) is 0.312. The van der Waals surface area contributed by atoms with E-state index in [9.17, 15) is 9.18 Å². The van der Waals surface area contributed by atoms with E-state index in [2.05, 4.69) is 9.97 Å². The number of benzene rings is 1. The van der Waals surface area contributed by atoms with Gasteiger partial charge in [0.2, 0.25) is 5.28 Å². The second kappa shape index (κ2) is 6.18. The zero-order valence-corrected chi connectivity index (χ0v) is 14.5. The van der Waals surface area contributed by atoms with Gasteiger partial charge in [-0.2, -0.15) is 4.98 Å². The fourth-order valence-corrected chi connectivity index (χ4v) is 3.33. The molecule has 126 valence electrons. The molecule has 1 aromatic heterocycles. The average Bonchev–Trinajstić information content (AvgIpc) is 2.82. The van der Waals surface area contributed by atoms with E-state index < -0.39 is 5.41 Å². The second-order valence-electron chi connectivity index (χ2n) is 5.87. The summed E-state index contributed by atoms with van der Waals surface area (Å²) in [7, 11) is 1.33. The normalized spacial score (nSPS) is 19.3. The molecule has 24 heavy (non-hydrogen) atoms. The Morgan fingerprint density at radius 3 is 2.92 bits per heavy atom. The third kappa shape index (κ3) is 2.91. The van der Waals surface area contributed by atoms with Crippen molar-refractivity contribution in [1.29, 1.82) is 0 Å². The maximum absolute atomic E-state index is 13.8. The number of halogens is 3. The molecule has 8 heteroatoms. The molecule has 1 aromatic carbocycles. The highest BCUT2D eigenvalue weighted by Crippen LogP contribution is 2.47. The third-order valence-corrected chi connectivity index (χ3v) is 4.57. The fourth-order valence-electron chi connectivity index (χ4n) is 3.00. The van der Waals surface area contributed by atoms with Gasteiger partial charge >= 0.3 is 5.97 Å². The van der Waals surface area contributed by atoms with Crippen LogP contribution in [0.3, 0.4) is 0 Å². The number of hydrogen-bond donors (Lipinski definition) is 0. The number of ether oxygens (including phenoxy) is 1. The molecule has 0 saturated carbocycles. The summed E-state index contributed by atoms with van der Waals surface area (Å²) in [5, 5.41) is 0.372. The Hall–Kier alpha value is -1.92. The first kappa shape index (κ1) is 16.9. The quantitative estimate of drug-likeness (QED) is 0.606. The monoisotopic (exact) mass is 369 g/mol. The van der Waals surface area contributed by atoms with Crippen LogP contribution in [-0.2, 0) is 14.9 Å². The molecule has 2 heterocycles. The van der Waals surface area contributed by atoms with Crippen LogP contribution in [0.2, 0.25) is 10.3 Å². The number of esters is 1. The number of methoxy groups -OCH3 is 1. The van der Waals surface area contributed by atoms with Crippen molar-refractivity contribution in [2.45, 2.75) is 18.8 Å². The number of nitrogens with zero attached hydrogens (tertiary/aromatic N) is 3. The molecule has 2 aromatic rings. The highest BCUT2D eigenvalue weighted by atomic mass is 35.5.